The van der Waals surface area contributed by atoms with Crippen LogP contribution >= 0.6 is 0 Å². The van der Waals surface area contributed by atoms with Crippen molar-refractivity contribution < 1.29 is 48.7 Å². The van der Waals surface area contributed by atoms with Crippen LogP contribution < -0.4 is 5.73 Å². The van der Waals surface area contributed by atoms with Gasteiger partial charge in [0.25, 0.3) is 11.8 Å². The molecule has 1 aromatic carbocycles. The lowest BCUT2D eigenvalue weighted by molar-refractivity contribution is -0.230. The third-order valence-corrected chi connectivity index (χ3v) is 7.70. The fraction of sp³-hybridized carbons (Fsp3) is 0.409. The van der Waals surface area contributed by atoms with Crippen molar-refractivity contribution in [3.8, 4) is 0 Å². The first kappa shape index (κ1) is 26.8. The molecule has 2 N–H and O–H groups in total. The fourth-order valence-electron chi connectivity index (χ4n) is 4.81. The van der Waals surface area contributed by atoms with E-state index in [1.54, 1.807) is 0 Å². The van der Waals surface area contributed by atoms with Gasteiger partial charge in [0.15, 0.2) is 15.4 Å². The van der Waals surface area contributed by atoms with Gasteiger partial charge in [-0.1, -0.05) is 0 Å². The Morgan fingerprint density at radius 3 is 2.22 bits per heavy atom. The number of primary amides is 1. The second kappa shape index (κ2) is 8.39. The smallest absolute Gasteiger partial charge is 0.367 e. The number of nitrogens with two attached hydrogens (primary N) is 1. The summed E-state index contributed by atoms with van der Waals surface area (Å²) in [5.74, 6) is -13.8. The van der Waals surface area contributed by atoms with E-state index in [4.69, 9.17) is 5.73 Å². The van der Waals surface area contributed by atoms with Crippen LogP contribution in [-0.2, 0) is 20.8 Å². The summed E-state index contributed by atoms with van der Waals surface area (Å²) in [4.78, 5) is 29.4. The predicted molar refractivity (Wildman–Crippen MR) is 112 cm³/mol. The summed E-state index contributed by atoms with van der Waals surface area (Å²) in [6.07, 6.45) is -2.51. The molecule has 2 atom stereocenters. The number of alkyl halides is 5. The molecule has 15 heteroatoms. The van der Waals surface area contributed by atoms with Crippen molar-refractivity contribution in [1.29, 1.82) is 0 Å². The number of pyridine rings is 1. The summed E-state index contributed by atoms with van der Waals surface area (Å²) < 4.78 is 123. The second-order valence-electron chi connectivity index (χ2n) is 9.07. The Kier molecular flexibility index (Phi) is 6.09. The van der Waals surface area contributed by atoms with Gasteiger partial charge in [-0.25, -0.2) is 26.0 Å². The average Bonchev–Trinajstić information content (AvgIpc) is 3.60. The zero-order valence-corrected chi connectivity index (χ0v) is 19.6. The molecule has 1 unspecified atom stereocenters. The summed E-state index contributed by atoms with van der Waals surface area (Å²) in [5.41, 5.74) is -1.35. The van der Waals surface area contributed by atoms with Crippen LogP contribution in [0.3, 0.4) is 0 Å². The Hall–Kier alpha value is -3.23. The maximum absolute atomic E-state index is 15.3. The van der Waals surface area contributed by atoms with Gasteiger partial charge in [0.2, 0.25) is 5.91 Å². The van der Waals surface area contributed by atoms with E-state index < -0.39 is 90.9 Å². The maximum atomic E-state index is 15.3. The number of likely N-dealkylation sites (tertiary alicyclic amines) is 1. The lowest BCUT2D eigenvalue weighted by Crippen LogP contribution is -2.83. The van der Waals surface area contributed by atoms with Crippen LogP contribution in [0.4, 0.5) is 30.7 Å². The first-order chi connectivity index (χ1) is 16.9. The van der Waals surface area contributed by atoms with E-state index in [9.17, 15) is 40.0 Å². The molecule has 1 aromatic heterocycles. The topological polar surface area (TPSA) is 110 Å². The van der Waals surface area contributed by atoms with Gasteiger partial charge in [-0.15, -0.1) is 0 Å². The number of carbonyl (C=O) groups is 2. The van der Waals surface area contributed by atoms with Crippen molar-refractivity contribution in [2.24, 2.45) is 11.7 Å². The fourth-order valence-corrected chi connectivity index (χ4v) is 5.40. The lowest BCUT2D eigenvalue weighted by atomic mass is 9.64. The summed E-state index contributed by atoms with van der Waals surface area (Å²) in [7, 11) is -3.89. The lowest BCUT2D eigenvalue weighted by Gasteiger charge is -2.59. The Morgan fingerprint density at radius 1 is 1.11 bits per heavy atom. The maximum Gasteiger partial charge on any atom is 0.419 e. The zero-order valence-electron chi connectivity index (χ0n) is 18.8. The van der Waals surface area contributed by atoms with Crippen molar-refractivity contribution in [3.05, 3.63) is 58.9 Å². The summed E-state index contributed by atoms with van der Waals surface area (Å²) in [6, 6.07) is 0.726. The highest BCUT2D eigenvalue weighted by Gasteiger charge is 2.77. The molecular weight excluding hydrogens is 535 g/mol. The standard InChI is InChI=1S/C22H18F7N3O4S/c1-37(35,36)12-4-11(7-31-8-12)18(33)32-9-20(25,26)21(32,19(30)34)17(10-2-3-10)13-5-16(24)14(6-15(13)23)22(27,28)29/h4-8,10,17H,2-3,9H2,1H3,(H2,30,34)/t17-,21?/m1/s1. The van der Waals surface area contributed by atoms with Gasteiger partial charge in [-0.2, -0.15) is 13.2 Å². The molecule has 0 spiro atoms. The number of aromatic nitrogens is 1. The van der Waals surface area contributed by atoms with Gasteiger partial charge < -0.3 is 10.6 Å². The molecule has 7 nitrogen and oxygen atoms in total. The second-order valence-corrected chi connectivity index (χ2v) is 11.1. The van der Waals surface area contributed by atoms with Crippen LogP contribution in [0, 0.1) is 17.6 Å². The number of rotatable bonds is 6. The van der Waals surface area contributed by atoms with Gasteiger partial charge in [-0.3, -0.25) is 14.6 Å². The third kappa shape index (κ3) is 4.22. The van der Waals surface area contributed by atoms with Gasteiger partial charge >= 0.3 is 6.18 Å². The van der Waals surface area contributed by atoms with E-state index in [1.807, 2.05) is 0 Å². The highest BCUT2D eigenvalue weighted by atomic mass is 32.2. The Labute approximate surface area is 205 Å². The van der Waals surface area contributed by atoms with E-state index >= 15 is 8.78 Å². The Morgan fingerprint density at radius 2 is 1.73 bits per heavy atom. The molecule has 2 amide bonds. The molecule has 37 heavy (non-hydrogen) atoms. The minimum atomic E-state index is -5.29. The minimum absolute atomic E-state index is 0.0920. The number of benzene rings is 1. The number of hydrogen-bond acceptors (Lipinski definition) is 5. The molecule has 1 aliphatic heterocycles. The van der Waals surface area contributed by atoms with Gasteiger partial charge in [0.1, 0.15) is 11.6 Å². The predicted octanol–water partition coefficient (Wildman–Crippen LogP) is 3.29. The van der Waals surface area contributed by atoms with Crippen LogP contribution in [0.15, 0.2) is 35.5 Å². The van der Waals surface area contributed by atoms with E-state index in [1.165, 1.54) is 0 Å². The molecule has 2 fully saturated rings. The van der Waals surface area contributed by atoms with Crippen LogP contribution in [0.25, 0.3) is 0 Å². The van der Waals surface area contributed by atoms with E-state index in [-0.39, 0.29) is 25.0 Å². The summed E-state index contributed by atoms with van der Waals surface area (Å²) >= 11 is 0. The molecule has 0 radical (unpaired) electrons. The molecule has 200 valence electrons. The molecular formula is C22H18F7N3O4S. The molecule has 2 aromatic rings. The third-order valence-electron chi connectivity index (χ3n) is 6.62. The van der Waals surface area contributed by atoms with E-state index in [0.717, 1.165) is 24.7 Å². The van der Waals surface area contributed by atoms with Crippen molar-refractivity contribution >= 4 is 21.7 Å². The van der Waals surface area contributed by atoms with Gasteiger partial charge in [0.05, 0.1) is 22.6 Å². The summed E-state index contributed by atoms with van der Waals surface area (Å²) in [6.45, 7) is -1.40. The van der Waals surface area contributed by atoms with Crippen LogP contribution in [-0.4, -0.2) is 54.4 Å². The molecule has 2 aliphatic rings. The van der Waals surface area contributed by atoms with Crippen LogP contribution in [0.2, 0.25) is 0 Å². The van der Waals surface area contributed by atoms with Crippen LogP contribution in [0.5, 0.6) is 0 Å². The van der Waals surface area contributed by atoms with E-state index in [2.05, 4.69) is 4.98 Å². The number of carbonyl (C=O) groups excluding carboxylic acids is 2. The Bertz CT molecular complexity index is 1410. The molecule has 2 heterocycles. The van der Waals surface area contributed by atoms with Crippen molar-refractivity contribution in [3.63, 3.8) is 0 Å². The number of amides is 2. The number of hydrogen-bond donors (Lipinski definition) is 1. The monoisotopic (exact) mass is 553 g/mol. The first-order valence-corrected chi connectivity index (χ1v) is 12.5. The van der Waals surface area contributed by atoms with Gasteiger partial charge in [0, 0.05) is 24.6 Å². The first-order valence-electron chi connectivity index (χ1n) is 10.6. The van der Waals surface area contributed by atoms with Crippen molar-refractivity contribution in [1.82, 2.24) is 9.88 Å². The number of sulfone groups is 1. The number of nitrogens with zero attached hydrogens (tertiary/aromatic N) is 2. The zero-order chi connectivity index (χ0) is 27.7. The quantitative estimate of drug-likeness (QED) is 0.553. The molecule has 1 aliphatic carbocycles. The molecule has 1 saturated heterocycles. The van der Waals surface area contributed by atoms with Crippen LogP contribution in [0.1, 0.15) is 40.2 Å². The SMILES string of the molecule is CS(=O)(=O)c1cncc(C(=O)N2CC(F)(F)C2(C(N)=O)[C@@H](c2cc(F)c(C(F)(F)F)cc2F)C2CC2)c1. The average molecular weight is 553 g/mol. The minimum Gasteiger partial charge on any atom is -0.367 e. The normalized spacial score (nSPS) is 22.3. The molecule has 1 saturated carbocycles. The summed E-state index contributed by atoms with van der Waals surface area (Å²) in [5, 5.41) is 0. The Balaban J connectivity index is 1.89. The van der Waals surface area contributed by atoms with Crippen molar-refractivity contribution in [2.45, 2.75) is 41.3 Å². The van der Waals surface area contributed by atoms with Gasteiger partial charge in [-0.05, 0) is 42.5 Å². The van der Waals surface area contributed by atoms with Crippen molar-refractivity contribution in [2.75, 3.05) is 12.8 Å². The number of halogens is 7. The largest absolute Gasteiger partial charge is 0.419 e. The highest BCUT2D eigenvalue weighted by Crippen LogP contribution is 2.60. The van der Waals surface area contributed by atoms with E-state index in [0.29, 0.717) is 4.90 Å². The molecule has 4 rings (SSSR count). The molecule has 0 bridgehead atoms. The highest BCUT2D eigenvalue weighted by molar-refractivity contribution is 7.90.